The number of hydrogen-bond acceptors (Lipinski definition) is 3. The summed E-state index contributed by atoms with van der Waals surface area (Å²) in [5.41, 5.74) is 0. The van der Waals surface area contributed by atoms with Crippen LogP contribution in [-0.4, -0.2) is 35.2 Å². The summed E-state index contributed by atoms with van der Waals surface area (Å²) in [6.45, 7) is 0. The molecule has 11 heavy (non-hydrogen) atoms. The average molecular weight is 404 g/mol. The summed E-state index contributed by atoms with van der Waals surface area (Å²) in [5.74, 6) is -2.27. The molecule has 1 atom stereocenters. The molecule has 5 nitrogen and oxygen atoms in total. The van der Waals surface area contributed by atoms with E-state index in [1.54, 1.807) is 0 Å². The second-order valence-corrected chi connectivity index (χ2v) is 1.78. The Morgan fingerprint density at radius 2 is 1.91 bits per heavy atom. The Morgan fingerprint density at radius 1 is 1.45 bits per heavy atom. The minimum atomic E-state index is -1.15. The van der Waals surface area contributed by atoms with Crippen LogP contribution in [0, 0.1) is 0 Å². The van der Waals surface area contributed by atoms with E-state index in [9.17, 15) is 9.59 Å². The van der Waals surface area contributed by atoms with E-state index < -0.39 is 24.4 Å². The number of carboxylic acids is 2. The summed E-state index contributed by atoms with van der Waals surface area (Å²) < 4.78 is 0. The molecule has 0 amide bonds. The van der Waals surface area contributed by atoms with Gasteiger partial charge in [-0.1, -0.05) is 0 Å². The van der Waals surface area contributed by atoms with E-state index in [1.165, 1.54) is 7.05 Å². The minimum Gasteiger partial charge on any atom is -0.481 e. The van der Waals surface area contributed by atoms with Crippen LogP contribution in [0.15, 0.2) is 0 Å². The molecule has 70 valence electrons. The van der Waals surface area contributed by atoms with Crippen molar-refractivity contribution in [2.45, 2.75) is 12.5 Å². The van der Waals surface area contributed by atoms with Crippen LogP contribution in [0.5, 0.6) is 0 Å². The topological polar surface area (TPSA) is 86.6 Å². The minimum absolute atomic E-state index is 0. The summed E-state index contributed by atoms with van der Waals surface area (Å²) >= 11 is 0. The van der Waals surface area contributed by atoms with Gasteiger partial charge in [-0.25, -0.2) is 0 Å². The van der Waals surface area contributed by atoms with Crippen LogP contribution in [-0.2, 0) is 9.59 Å². The maximum absolute atomic E-state index is 10.1. The Labute approximate surface area is 57.7 Å². The molecule has 0 aliphatic heterocycles. The van der Waals surface area contributed by atoms with Gasteiger partial charge < -0.3 is 15.5 Å². The molecule has 0 radical (unpaired) electrons. The standard InChI is InChI=1S/C5H9NO4.Fm/c1-6-3(5(9)10)2-4(7)8;/h3,6H,2H2,1H3,(H,7,8)(H,9,10);. The van der Waals surface area contributed by atoms with E-state index in [2.05, 4.69) is 5.32 Å². The molecule has 0 aromatic carbocycles. The third-order valence-corrected chi connectivity index (χ3v) is 1.03. The van der Waals surface area contributed by atoms with Crippen LogP contribution in [0.2, 0.25) is 0 Å². The molecule has 0 saturated carbocycles. The van der Waals surface area contributed by atoms with Crippen molar-refractivity contribution in [2.24, 2.45) is 0 Å². The zero-order valence-electron chi connectivity index (χ0n) is 5.78. The molecular weight excluding hydrogens is 395 g/mol. The summed E-state index contributed by atoms with van der Waals surface area (Å²) in [7, 11) is 1.40. The zero-order valence-corrected chi connectivity index (χ0v) is 8.19. The van der Waals surface area contributed by atoms with E-state index in [0.717, 1.165) is 0 Å². The fourth-order valence-corrected chi connectivity index (χ4v) is 0.487. The molecule has 0 spiro atoms. The summed E-state index contributed by atoms with van der Waals surface area (Å²) in [6, 6.07) is -0.988. The number of nitrogens with one attached hydrogen (secondary N) is 1. The van der Waals surface area contributed by atoms with Crippen molar-refractivity contribution in [1.82, 2.24) is 5.32 Å². The summed E-state index contributed by atoms with van der Waals surface area (Å²) in [6.07, 6.45) is -0.397. The van der Waals surface area contributed by atoms with Crippen LogP contribution < -0.4 is 5.32 Å². The molecule has 0 fully saturated rings. The molecule has 0 bridgehead atoms. The number of aliphatic carboxylic acids is 2. The Kier molecular flexibility index (Phi) is 5.04. The van der Waals surface area contributed by atoms with E-state index >= 15 is 0 Å². The van der Waals surface area contributed by atoms with Gasteiger partial charge in [0.05, 0.1) is 6.42 Å². The molecule has 0 aromatic heterocycles. The Morgan fingerprint density at radius 3 is 2.00 bits per heavy atom. The van der Waals surface area contributed by atoms with Crippen molar-refractivity contribution >= 4 is 11.9 Å². The maximum atomic E-state index is 10.1. The van der Waals surface area contributed by atoms with E-state index in [-0.39, 0.29) is 0 Å². The second-order valence-electron chi connectivity index (χ2n) is 1.78. The predicted octanol–water partition coefficient (Wildman–Crippen LogP) is -0.866. The molecule has 0 aromatic rings. The molecule has 0 aliphatic carbocycles. The van der Waals surface area contributed by atoms with Crippen LogP contribution in [0.3, 0.4) is 0 Å². The van der Waals surface area contributed by atoms with Crippen LogP contribution in [0.4, 0.5) is 0 Å². The quantitative estimate of drug-likeness (QED) is 0.568. The first kappa shape index (κ1) is 11.7. The molecule has 0 aliphatic rings. The number of rotatable bonds is 4. The zero-order chi connectivity index (χ0) is 8.15. The number of hydrogen-bond donors (Lipinski definition) is 3. The number of carboxylic acid groups (broad SMARTS) is 2. The second kappa shape index (κ2) is 4.75. The summed E-state index contributed by atoms with van der Waals surface area (Å²) in [4.78, 5) is 20.1. The first-order valence-corrected chi connectivity index (χ1v) is 2.69. The maximum Gasteiger partial charge on any atom is 0.321 e. The fraction of sp³-hybridized carbons (Fsp3) is 0.600. The van der Waals surface area contributed by atoms with Gasteiger partial charge in [-0.15, -0.1) is 0 Å². The molecule has 6 heteroatoms. The Hall–Kier alpha value is -2.10. The van der Waals surface area contributed by atoms with Crippen LogP contribution in [0.1, 0.15) is 6.42 Å². The largest absolute Gasteiger partial charge is 0.481 e. The smallest absolute Gasteiger partial charge is 0.321 e. The van der Waals surface area contributed by atoms with Crippen molar-refractivity contribution in [2.75, 3.05) is 7.05 Å². The number of carbonyl (C=O) groups is 2. The van der Waals surface area contributed by atoms with Gasteiger partial charge in [0.15, 0.2) is 0 Å². The monoisotopic (exact) mass is 404 g/mol. The van der Waals surface area contributed by atoms with Gasteiger partial charge in [0.25, 0.3) is 0 Å². The third-order valence-electron chi connectivity index (χ3n) is 1.03. The number of likely N-dealkylation sites (N-methyl/N-ethyl adjacent to an activating group) is 1. The average Bonchev–Trinajstić information content (AvgIpc) is 1.81. The van der Waals surface area contributed by atoms with Gasteiger partial charge in [0.1, 0.15) is 6.04 Å². The van der Waals surface area contributed by atoms with E-state index in [4.69, 9.17) is 10.2 Å². The predicted molar refractivity (Wildman–Crippen MR) is 32.7 cm³/mol. The van der Waals surface area contributed by atoms with Gasteiger partial charge in [-0.05, 0) is 7.05 Å². The molecule has 1 unspecified atom stereocenters. The van der Waals surface area contributed by atoms with Crippen molar-refractivity contribution < 1.29 is 19.8 Å². The normalized spacial score (nSPS) is 11.4. The van der Waals surface area contributed by atoms with Crippen molar-refractivity contribution in [3.05, 3.63) is 0 Å². The molecule has 0 rings (SSSR count). The van der Waals surface area contributed by atoms with E-state index in [1.807, 2.05) is 0 Å². The third kappa shape index (κ3) is 4.41. The van der Waals surface area contributed by atoms with Gasteiger partial charge in [-0.2, -0.15) is 0 Å². The fourth-order valence-electron chi connectivity index (χ4n) is 0.487. The molecule has 3 N–H and O–H groups in total. The van der Waals surface area contributed by atoms with Crippen molar-refractivity contribution in [3.63, 3.8) is 0 Å². The Bertz CT molecular complexity index is 149. The molecular formula is C5H9FmNO4. The van der Waals surface area contributed by atoms with Gasteiger partial charge in [-0.3, -0.25) is 9.59 Å². The SMILES string of the molecule is CNC(CC(=O)O)C(=O)O.[Fm]. The first-order valence-electron chi connectivity index (χ1n) is 2.69. The molecule has 0 heterocycles. The first-order chi connectivity index (χ1) is 4.57. The van der Waals surface area contributed by atoms with Crippen LogP contribution >= 0.6 is 0 Å². The van der Waals surface area contributed by atoms with Crippen LogP contribution in [0.25, 0.3) is 0 Å². The van der Waals surface area contributed by atoms with E-state index in [0.29, 0.717) is 0 Å². The van der Waals surface area contributed by atoms with Gasteiger partial charge >= 0.3 is 11.9 Å². The summed E-state index contributed by atoms with van der Waals surface area (Å²) in [5, 5.41) is 18.8. The van der Waals surface area contributed by atoms with Crippen molar-refractivity contribution in [1.29, 1.82) is 0 Å². The van der Waals surface area contributed by atoms with Gasteiger partial charge in [0.2, 0.25) is 0 Å². The Balaban J connectivity index is 0. The molecule has 0 saturated heterocycles. The van der Waals surface area contributed by atoms with Gasteiger partial charge in [0, 0.05) is 0 Å². The van der Waals surface area contributed by atoms with Crippen molar-refractivity contribution in [3.8, 4) is 0 Å².